The quantitative estimate of drug-likeness (QED) is 0.251. The van der Waals surface area contributed by atoms with Crippen LogP contribution in [0.2, 0.25) is 0 Å². The van der Waals surface area contributed by atoms with Crippen LogP contribution in [-0.4, -0.2) is 45.0 Å². The molecule has 6 nitrogen and oxygen atoms in total. The largest absolute Gasteiger partial charge is 0.484 e. The monoisotopic (exact) mass is 300 g/mol. The van der Waals surface area contributed by atoms with E-state index in [9.17, 15) is 9.59 Å². The van der Waals surface area contributed by atoms with Crippen LogP contribution in [0.1, 0.15) is 27.2 Å². The van der Waals surface area contributed by atoms with E-state index in [-0.39, 0.29) is 25.6 Å². The van der Waals surface area contributed by atoms with Crippen molar-refractivity contribution in [1.29, 1.82) is 0 Å². The van der Waals surface area contributed by atoms with Crippen molar-refractivity contribution in [3.8, 4) is 0 Å². The molecule has 0 fully saturated rings. The molecule has 0 aromatic heterocycles. The van der Waals surface area contributed by atoms with Gasteiger partial charge in [-0.2, -0.15) is 0 Å². The first-order valence-electron chi connectivity index (χ1n) is 6.93. The second kappa shape index (κ2) is 12.0. The molecule has 0 atom stereocenters. The number of rotatable bonds is 11. The lowest BCUT2D eigenvalue weighted by molar-refractivity contribution is -0.142. The van der Waals surface area contributed by atoms with Crippen LogP contribution < -0.4 is 0 Å². The molecule has 0 heterocycles. The van der Waals surface area contributed by atoms with E-state index in [0.717, 1.165) is 0 Å². The third kappa shape index (κ3) is 9.67. The second-order valence-electron chi connectivity index (χ2n) is 4.04. The summed E-state index contributed by atoms with van der Waals surface area (Å²) < 4.78 is 20.2. The molecule has 0 aromatic rings. The number of carbonyl (C=O) groups excluding carboxylic acids is 2. The first-order chi connectivity index (χ1) is 10.0. The average molecular weight is 300 g/mol. The number of carbonyl (C=O) groups is 2. The van der Waals surface area contributed by atoms with Crippen LogP contribution in [0, 0.1) is 0 Å². The van der Waals surface area contributed by atoms with E-state index in [1.807, 2.05) is 6.92 Å². The maximum atomic E-state index is 11.7. The minimum absolute atomic E-state index is 0.0999. The van der Waals surface area contributed by atoms with Gasteiger partial charge in [-0.25, -0.2) is 9.59 Å². The predicted octanol–water partition coefficient (Wildman–Crippen LogP) is 2.00. The van der Waals surface area contributed by atoms with E-state index in [4.69, 9.17) is 18.9 Å². The summed E-state index contributed by atoms with van der Waals surface area (Å²) in [6.45, 7) is 10.3. The molecule has 120 valence electrons. The molecule has 0 aliphatic heterocycles. The molecule has 0 bridgehead atoms. The summed E-state index contributed by atoms with van der Waals surface area (Å²) in [4.78, 5) is 22.9. The van der Waals surface area contributed by atoms with Gasteiger partial charge in [0.25, 0.3) is 0 Å². The van der Waals surface area contributed by atoms with E-state index in [2.05, 4.69) is 6.58 Å². The summed E-state index contributed by atoms with van der Waals surface area (Å²) in [5.74, 6) is -0.901. The van der Waals surface area contributed by atoms with Gasteiger partial charge in [0.2, 0.25) is 5.76 Å². The summed E-state index contributed by atoms with van der Waals surface area (Å²) in [7, 11) is 0. The standard InChI is InChI=1S/C15H24O6/c1-5-18-10-11-20-13(15(17)19-6-2)8-7-9-21-14(16)12(3)4/h8H,3,5-7,9-11H2,1-2,4H3. The molecule has 0 unspecified atom stereocenters. The number of ether oxygens (including phenoxy) is 4. The van der Waals surface area contributed by atoms with Crippen molar-refractivity contribution in [1.82, 2.24) is 0 Å². The molecule has 0 aliphatic rings. The fraction of sp³-hybridized carbons (Fsp3) is 0.600. The summed E-state index contributed by atoms with van der Waals surface area (Å²) in [6, 6.07) is 0. The molecule has 0 N–H and O–H groups in total. The van der Waals surface area contributed by atoms with E-state index in [0.29, 0.717) is 25.2 Å². The zero-order valence-corrected chi connectivity index (χ0v) is 13.0. The second-order valence-corrected chi connectivity index (χ2v) is 4.04. The van der Waals surface area contributed by atoms with Gasteiger partial charge in [0, 0.05) is 18.6 Å². The van der Waals surface area contributed by atoms with Gasteiger partial charge in [0.15, 0.2) is 0 Å². The molecule has 0 rings (SSSR count). The minimum Gasteiger partial charge on any atom is -0.484 e. The van der Waals surface area contributed by atoms with Crippen LogP contribution >= 0.6 is 0 Å². The fourth-order valence-electron chi connectivity index (χ4n) is 1.22. The van der Waals surface area contributed by atoms with Crippen molar-refractivity contribution in [3.05, 3.63) is 24.0 Å². The van der Waals surface area contributed by atoms with Gasteiger partial charge in [0.05, 0.1) is 19.8 Å². The van der Waals surface area contributed by atoms with Crippen molar-refractivity contribution in [2.45, 2.75) is 27.2 Å². The normalized spacial score (nSPS) is 10.9. The van der Waals surface area contributed by atoms with Gasteiger partial charge in [-0.05, 0) is 26.8 Å². The molecule has 0 saturated carbocycles. The number of hydrogen-bond donors (Lipinski definition) is 0. The summed E-state index contributed by atoms with van der Waals surface area (Å²) >= 11 is 0. The summed E-state index contributed by atoms with van der Waals surface area (Å²) in [6.07, 6.45) is 1.89. The highest BCUT2D eigenvalue weighted by atomic mass is 16.6. The number of hydrogen-bond acceptors (Lipinski definition) is 6. The van der Waals surface area contributed by atoms with Crippen LogP contribution in [0.5, 0.6) is 0 Å². The summed E-state index contributed by atoms with van der Waals surface area (Å²) in [5, 5.41) is 0. The van der Waals surface area contributed by atoms with Crippen molar-refractivity contribution in [3.63, 3.8) is 0 Å². The molecule has 0 aliphatic carbocycles. The highest BCUT2D eigenvalue weighted by molar-refractivity contribution is 5.87. The Hall–Kier alpha value is -1.82. The van der Waals surface area contributed by atoms with Crippen molar-refractivity contribution in [2.75, 3.05) is 33.0 Å². The lowest BCUT2D eigenvalue weighted by Crippen LogP contribution is -2.14. The van der Waals surface area contributed by atoms with E-state index < -0.39 is 11.9 Å². The molecular weight excluding hydrogens is 276 g/mol. The zero-order valence-electron chi connectivity index (χ0n) is 13.0. The van der Waals surface area contributed by atoms with Crippen LogP contribution in [0.4, 0.5) is 0 Å². The van der Waals surface area contributed by atoms with Crippen molar-refractivity contribution < 1.29 is 28.5 Å². The zero-order chi connectivity index (χ0) is 16.1. The minimum atomic E-state index is -0.541. The summed E-state index contributed by atoms with van der Waals surface area (Å²) in [5.41, 5.74) is 0.331. The molecule has 21 heavy (non-hydrogen) atoms. The Labute approximate surface area is 125 Å². The molecule has 0 amide bonds. The number of esters is 2. The van der Waals surface area contributed by atoms with E-state index >= 15 is 0 Å². The third-order valence-electron chi connectivity index (χ3n) is 2.20. The average Bonchev–Trinajstić information content (AvgIpc) is 2.45. The van der Waals surface area contributed by atoms with Crippen molar-refractivity contribution >= 4 is 11.9 Å². The molecule has 0 radical (unpaired) electrons. The molecule has 0 spiro atoms. The van der Waals surface area contributed by atoms with Gasteiger partial charge in [-0.3, -0.25) is 0 Å². The van der Waals surface area contributed by atoms with Gasteiger partial charge in [-0.15, -0.1) is 0 Å². The van der Waals surface area contributed by atoms with Crippen molar-refractivity contribution in [2.24, 2.45) is 0 Å². The first kappa shape index (κ1) is 19.2. The topological polar surface area (TPSA) is 71.1 Å². The highest BCUT2D eigenvalue weighted by Crippen LogP contribution is 2.04. The Balaban J connectivity index is 4.29. The van der Waals surface area contributed by atoms with Crippen LogP contribution in [0.15, 0.2) is 24.0 Å². The molecular formula is C15H24O6. The van der Waals surface area contributed by atoms with Crippen LogP contribution in [0.25, 0.3) is 0 Å². The van der Waals surface area contributed by atoms with Gasteiger partial charge >= 0.3 is 11.9 Å². The fourth-order valence-corrected chi connectivity index (χ4v) is 1.22. The van der Waals surface area contributed by atoms with E-state index in [1.165, 1.54) is 6.08 Å². The predicted molar refractivity (Wildman–Crippen MR) is 77.6 cm³/mol. The Morgan fingerprint density at radius 2 is 1.67 bits per heavy atom. The molecule has 0 aromatic carbocycles. The Morgan fingerprint density at radius 1 is 0.952 bits per heavy atom. The first-order valence-corrected chi connectivity index (χ1v) is 6.93. The van der Waals surface area contributed by atoms with Gasteiger partial charge in [-0.1, -0.05) is 6.58 Å². The Morgan fingerprint density at radius 3 is 2.24 bits per heavy atom. The Bertz CT molecular complexity index is 372. The molecule has 0 saturated heterocycles. The maximum absolute atomic E-state index is 11.7. The molecule has 6 heteroatoms. The highest BCUT2D eigenvalue weighted by Gasteiger charge is 2.12. The van der Waals surface area contributed by atoms with E-state index in [1.54, 1.807) is 13.8 Å². The third-order valence-corrected chi connectivity index (χ3v) is 2.20. The van der Waals surface area contributed by atoms with Crippen LogP contribution in [0.3, 0.4) is 0 Å². The lowest BCUT2D eigenvalue weighted by Gasteiger charge is -2.10. The SMILES string of the molecule is C=C(C)C(=O)OCCC=C(OCCOCC)C(=O)OCC. The smallest absolute Gasteiger partial charge is 0.373 e. The van der Waals surface area contributed by atoms with Crippen LogP contribution in [-0.2, 0) is 28.5 Å². The maximum Gasteiger partial charge on any atom is 0.373 e. The lowest BCUT2D eigenvalue weighted by atomic mass is 10.3. The Kier molecular flexibility index (Phi) is 10.9. The van der Waals surface area contributed by atoms with Gasteiger partial charge in [0.1, 0.15) is 6.61 Å². The van der Waals surface area contributed by atoms with Gasteiger partial charge < -0.3 is 18.9 Å².